The first-order valence-electron chi connectivity index (χ1n) is 7.63. The van der Waals surface area contributed by atoms with Gasteiger partial charge in [0.1, 0.15) is 0 Å². The van der Waals surface area contributed by atoms with E-state index in [1.807, 2.05) is 13.8 Å². The molecule has 1 N–H and O–H groups in total. The Labute approximate surface area is 134 Å². The van der Waals surface area contributed by atoms with Gasteiger partial charge >= 0.3 is 0 Å². The van der Waals surface area contributed by atoms with Gasteiger partial charge in [0, 0.05) is 25.1 Å². The van der Waals surface area contributed by atoms with Gasteiger partial charge in [0.25, 0.3) is 5.69 Å². The summed E-state index contributed by atoms with van der Waals surface area (Å²) < 4.78 is 0. The number of benzene rings is 1. The van der Waals surface area contributed by atoms with Crippen LogP contribution in [0.1, 0.15) is 38.7 Å². The van der Waals surface area contributed by atoms with E-state index in [1.165, 1.54) is 12.1 Å². The van der Waals surface area contributed by atoms with Gasteiger partial charge in [-0.3, -0.25) is 19.7 Å². The third-order valence-electron chi connectivity index (χ3n) is 4.01. The van der Waals surface area contributed by atoms with Crippen LogP contribution in [0.2, 0.25) is 0 Å². The molecular formula is C16H21N3O4. The highest BCUT2D eigenvalue weighted by atomic mass is 16.6. The summed E-state index contributed by atoms with van der Waals surface area (Å²) in [6, 6.07) is 6.09. The second kappa shape index (κ2) is 6.76. The van der Waals surface area contributed by atoms with Gasteiger partial charge in [-0.25, -0.2) is 0 Å². The molecule has 23 heavy (non-hydrogen) atoms. The number of carbonyl (C=O) groups is 2. The number of nitro benzene ring substituents is 1. The lowest BCUT2D eigenvalue weighted by atomic mass is 9.94. The van der Waals surface area contributed by atoms with Crippen LogP contribution in [0.4, 0.5) is 5.69 Å². The molecule has 0 saturated carbocycles. The lowest BCUT2D eigenvalue weighted by Gasteiger charge is -2.30. The molecule has 0 aliphatic carbocycles. The van der Waals surface area contributed by atoms with Crippen molar-refractivity contribution in [2.75, 3.05) is 13.1 Å². The molecule has 0 aromatic heterocycles. The monoisotopic (exact) mass is 319 g/mol. The fourth-order valence-electron chi connectivity index (χ4n) is 2.66. The van der Waals surface area contributed by atoms with Crippen molar-refractivity contribution >= 4 is 17.5 Å². The summed E-state index contributed by atoms with van der Waals surface area (Å²) in [5.41, 5.74) is 0.0987. The Morgan fingerprint density at radius 1 is 1.30 bits per heavy atom. The largest absolute Gasteiger partial charge is 0.346 e. The zero-order chi connectivity index (χ0) is 17.0. The topological polar surface area (TPSA) is 92.6 Å². The Morgan fingerprint density at radius 2 is 1.96 bits per heavy atom. The second-order valence-corrected chi connectivity index (χ2v) is 6.25. The molecule has 1 aliphatic rings. The van der Waals surface area contributed by atoms with Gasteiger partial charge in [-0.2, -0.15) is 0 Å². The van der Waals surface area contributed by atoms with Crippen LogP contribution in [0.25, 0.3) is 0 Å². The number of nitro groups is 1. The zero-order valence-electron chi connectivity index (χ0n) is 13.4. The molecule has 2 rings (SSSR count). The second-order valence-electron chi connectivity index (χ2n) is 6.25. The number of hydrogen-bond donors (Lipinski definition) is 1. The summed E-state index contributed by atoms with van der Waals surface area (Å²) in [6.45, 7) is 4.31. The molecule has 0 atom stereocenters. The molecule has 1 heterocycles. The van der Waals surface area contributed by atoms with Crippen LogP contribution in [0.5, 0.6) is 0 Å². The van der Waals surface area contributed by atoms with Crippen molar-refractivity contribution in [3.8, 4) is 0 Å². The van der Waals surface area contributed by atoms with E-state index in [0.717, 1.165) is 18.4 Å². The fraction of sp³-hybridized carbons (Fsp3) is 0.500. The van der Waals surface area contributed by atoms with Crippen molar-refractivity contribution in [2.24, 2.45) is 0 Å². The number of piperidine rings is 1. The maximum Gasteiger partial charge on any atom is 0.269 e. The Morgan fingerprint density at radius 3 is 2.52 bits per heavy atom. The molecule has 7 heteroatoms. The number of hydrogen-bond acceptors (Lipinski definition) is 4. The number of non-ortho nitro benzene ring substituents is 1. The number of rotatable bonds is 5. The van der Waals surface area contributed by atoms with Crippen molar-refractivity contribution in [3.63, 3.8) is 0 Å². The SMILES string of the molecule is CC(C)(NC(=O)CN1CCCCC1=O)c1ccc([N+](=O)[O-])cc1. The predicted molar refractivity (Wildman–Crippen MR) is 84.7 cm³/mol. The van der Waals surface area contributed by atoms with E-state index in [4.69, 9.17) is 0 Å². The minimum atomic E-state index is -0.676. The third kappa shape index (κ3) is 4.28. The summed E-state index contributed by atoms with van der Waals surface area (Å²) in [7, 11) is 0. The van der Waals surface area contributed by atoms with Crippen LogP contribution < -0.4 is 5.32 Å². The van der Waals surface area contributed by atoms with Gasteiger partial charge < -0.3 is 10.2 Å². The lowest BCUT2D eigenvalue weighted by molar-refractivity contribution is -0.384. The summed E-state index contributed by atoms with van der Waals surface area (Å²) in [6.07, 6.45) is 2.30. The highest BCUT2D eigenvalue weighted by molar-refractivity contribution is 5.85. The molecule has 0 bridgehead atoms. The Kier molecular flexibility index (Phi) is 4.98. The van der Waals surface area contributed by atoms with E-state index in [9.17, 15) is 19.7 Å². The molecule has 1 aromatic carbocycles. The molecule has 1 fully saturated rings. The van der Waals surface area contributed by atoms with E-state index < -0.39 is 10.5 Å². The maximum atomic E-state index is 12.2. The van der Waals surface area contributed by atoms with Crippen LogP contribution >= 0.6 is 0 Å². The van der Waals surface area contributed by atoms with Gasteiger partial charge in [0.2, 0.25) is 11.8 Å². The van der Waals surface area contributed by atoms with Crippen molar-refractivity contribution in [1.29, 1.82) is 0 Å². The molecular weight excluding hydrogens is 298 g/mol. The van der Waals surface area contributed by atoms with Crippen molar-refractivity contribution in [3.05, 3.63) is 39.9 Å². The standard InChI is InChI=1S/C16H21N3O4/c1-16(2,12-6-8-13(9-7-12)19(22)23)17-14(20)11-18-10-4-3-5-15(18)21/h6-9H,3-5,10-11H2,1-2H3,(H,17,20). The molecule has 0 unspecified atom stereocenters. The fourth-order valence-corrected chi connectivity index (χ4v) is 2.66. The first-order chi connectivity index (χ1) is 10.8. The van der Waals surface area contributed by atoms with Gasteiger partial charge in [-0.15, -0.1) is 0 Å². The number of nitrogens with one attached hydrogen (secondary N) is 1. The van der Waals surface area contributed by atoms with E-state index in [1.54, 1.807) is 17.0 Å². The Hall–Kier alpha value is -2.44. The van der Waals surface area contributed by atoms with Crippen molar-refractivity contribution < 1.29 is 14.5 Å². The number of nitrogens with zero attached hydrogens (tertiary/aromatic N) is 2. The molecule has 7 nitrogen and oxygen atoms in total. The summed E-state index contributed by atoms with van der Waals surface area (Å²) in [5, 5.41) is 13.6. The number of carbonyl (C=O) groups excluding carboxylic acids is 2. The lowest BCUT2D eigenvalue weighted by Crippen LogP contribution is -2.48. The molecule has 124 valence electrons. The van der Waals surface area contributed by atoms with Crippen molar-refractivity contribution in [1.82, 2.24) is 10.2 Å². The molecule has 2 amide bonds. The van der Waals surface area contributed by atoms with E-state index in [-0.39, 0.29) is 24.0 Å². The van der Waals surface area contributed by atoms with E-state index in [2.05, 4.69) is 5.32 Å². The predicted octanol–water partition coefficient (Wildman–Crippen LogP) is 1.96. The minimum absolute atomic E-state index is 0.00906. The average molecular weight is 319 g/mol. The van der Waals surface area contributed by atoms with Crippen molar-refractivity contribution in [2.45, 2.75) is 38.6 Å². The number of amides is 2. The van der Waals surface area contributed by atoms with Crippen LogP contribution in [0.3, 0.4) is 0 Å². The number of likely N-dealkylation sites (tertiary alicyclic amines) is 1. The minimum Gasteiger partial charge on any atom is -0.346 e. The molecule has 0 spiro atoms. The van der Waals surface area contributed by atoms with Gasteiger partial charge in [-0.1, -0.05) is 0 Å². The van der Waals surface area contributed by atoms with E-state index >= 15 is 0 Å². The zero-order valence-corrected chi connectivity index (χ0v) is 13.4. The third-order valence-corrected chi connectivity index (χ3v) is 4.01. The first-order valence-corrected chi connectivity index (χ1v) is 7.63. The maximum absolute atomic E-state index is 12.2. The first kappa shape index (κ1) is 16.9. The normalized spacial score (nSPS) is 15.4. The Bertz CT molecular complexity index is 610. The van der Waals surface area contributed by atoms with Gasteiger partial charge in [0.05, 0.1) is 17.0 Å². The van der Waals surface area contributed by atoms with Crippen LogP contribution in [-0.2, 0) is 15.1 Å². The highest BCUT2D eigenvalue weighted by Gasteiger charge is 2.26. The molecule has 1 aliphatic heterocycles. The summed E-state index contributed by atoms with van der Waals surface area (Å²) >= 11 is 0. The smallest absolute Gasteiger partial charge is 0.269 e. The molecule has 1 saturated heterocycles. The Balaban J connectivity index is 2.00. The van der Waals surface area contributed by atoms with Gasteiger partial charge in [-0.05, 0) is 44.4 Å². The summed E-state index contributed by atoms with van der Waals surface area (Å²) in [4.78, 5) is 35.8. The van der Waals surface area contributed by atoms with Gasteiger partial charge in [0.15, 0.2) is 0 Å². The molecule has 1 aromatic rings. The van der Waals surface area contributed by atoms with Crippen LogP contribution in [-0.4, -0.2) is 34.7 Å². The van der Waals surface area contributed by atoms with Crippen LogP contribution in [0, 0.1) is 10.1 Å². The summed E-state index contributed by atoms with van der Waals surface area (Å²) in [5.74, 6) is -0.219. The average Bonchev–Trinajstić information content (AvgIpc) is 2.49. The van der Waals surface area contributed by atoms with E-state index in [0.29, 0.717) is 13.0 Å². The molecule has 0 radical (unpaired) electrons. The quantitative estimate of drug-likeness (QED) is 0.663. The highest BCUT2D eigenvalue weighted by Crippen LogP contribution is 2.23. The van der Waals surface area contributed by atoms with Crippen LogP contribution in [0.15, 0.2) is 24.3 Å².